The van der Waals surface area contributed by atoms with E-state index < -0.39 is 5.54 Å². The highest BCUT2D eigenvalue weighted by Gasteiger charge is 2.57. The van der Waals surface area contributed by atoms with Crippen LogP contribution in [0, 0.1) is 5.92 Å². The molecule has 106 valence electrons. The highest BCUT2D eigenvalue weighted by atomic mass is 16.2. The van der Waals surface area contributed by atoms with Crippen molar-refractivity contribution in [2.24, 2.45) is 11.7 Å². The fourth-order valence-corrected chi connectivity index (χ4v) is 4.25. The number of hydrogen-bond acceptors (Lipinski definition) is 2. The van der Waals surface area contributed by atoms with Crippen LogP contribution in [-0.4, -0.2) is 17.5 Å². The monoisotopic (exact) mass is 270 g/mol. The Morgan fingerprint density at radius 2 is 1.95 bits per heavy atom. The number of carbonyl (C=O) groups is 1. The van der Waals surface area contributed by atoms with Crippen molar-refractivity contribution in [2.75, 3.05) is 0 Å². The quantitative estimate of drug-likeness (QED) is 0.864. The summed E-state index contributed by atoms with van der Waals surface area (Å²) in [5.74, 6) is 1.25. The van der Waals surface area contributed by atoms with Crippen molar-refractivity contribution in [3.8, 4) is 0 Å². The summed E-state index contributed by atoms with van der Waals surface area (Å²) in [7, 11) is 0. The van der Waals surface area contributed by atoms with Crippen LogP contribution in [0.4, 0.5) is 0 Å². The van der Waals surface area contributed by atoms with Crippen molar-refractivity contribution in [1.29, 1.82) is 0 Å². The minimum absolute atomic E-state index is 0.0917. The van der Waals surface area contributed by atoms with E-state index in [0.717, 1.165) is 32.1 Å². The van der Waals surface area contributed by atoms with E-state index in [0.29, 0.717) is 17.9 Å². The van der Waals surface area contributed by atoms with Gasteiger partial charge in [0.25, 0.3) is 0 Å². The second-order valence-corrected chi connectivity index (χ2v) is 6.81. The van der Waals surface area contributed by atoms with Crippen molar-refractivity contribution < 1.29 is 4.79 Å². The number of nitrogens with two attached hydrogens (primary N) is 1. The Bertz CT molecular complexity index is 548. The van der Waals surface area contributed by atoms with E-state index in [4.69, 9.17) is 5.73 Å². The second-order valence-electron chi connectivity index (χ2n) is 6.81. The first-order valence-electron chi connectivity index (χ1n) is 7.87. The maximum atomic E-state index is 12.5. The molecule has 4 rings (SSSR count). The normalized spacial score (nSPS) is 33.1. The number of nitrogens with one attached hydrogen (secondary N) is 1. The molecular weight excluding hydrogens is 248 g/mol. The van der Waals surface area contributed by atoms with Crippen LogP contribution in [0.1, 0.15) is 49.1 Å². The zero-order valence-corrected chi connectivity index (χ0v) is 11.8. The van der Waals surface area contributed by atoms with E-state index >= 15 is 0 Å². The molecule has 3 heteroatoms. The van der Waals surface area contributed by atoms with Gasteiger partial charge in [0.1, 0.15) is 0 Å². The number of benzene rings is 1. The SMILES string of the molecule is NC1(C(=O)NC2C3Cc4ccccc4C32)CCCCC1. The molecule has 1 aromatic carbocycles. The third-order valence-electron chi connectivity index (χ3n) is 5.53. The largest absolute Gasteiger partial charge is 0.351 e. The lowest BCUT2D eigenvalue weighted by molar-refractivity contribution is -0.127. The predicted molar refractivity (Wildman–Crippen MR) is 78.3 cm³/mol. The molecule has 3 atom stereocenters. The van der Waals surface area contributed by atoms with Gasteiger partial charge in [-0.15, -0.1) is 0 Å². The Kier molecular flexibility index (Phi) is 2.68. The molecule has 0 saturated heterocycles. The Morgan fingerprint density at radius 3 is 2.75 bits per heavy atom. The first-order valence-corrected chi connectivity index (χ1v) is 7.87. The Balaban J connectivity index is 1.44. The average Bonchev–Trinajstić information content (AvgIpc) is 2.97. The van der Waals surface area contributed by atoms with Crippen LogP contribution in [0.25, 0.3) is 0 Å². The van der Waals surface area contributed by atoms with Crippen LogP contribution < -0.4 is 11.1 Å². The zero-order valence-electron chi connectivity index (χ0n) is 11.8. The van der Waals surface area contributed by atoms with Gasteiger partial charge in [-0.2, -0.15) is 0 Å². The fraction of sp³-hybridized carbons (Fsp3) is 0.588. The molecule has 0 aliphatic heterocycles. The summed E-state index contributed by atoms with van der Waals surface area (Å²) >= 11 is 0. The average molecular weight is 270 g/mol. The van der Waals surface area contributed by atoms with Gasteiger partial charge in [-0.25, -0.2) is 0 Å². The number of hydrogen-bond donors (Lipinski definition) is 2. The molecule has 3 unspecified atom stereocenters. The van der Waals surface area contributed by atoms with E-state index in [-0.39, 0.29) is 5.91 Å². The van der Waals surface area contributed by atoms with E-state index in [1.54, 1.807) is 0 Å². The summed E-state index contributed by atoms with van der Waals surface area (Å²) in [5, 5.41) is 3.24. The van der Waals surface area contributed by atoms with Crippen LogP contribution >= 0.6 is 0 Å². The summed E-state index contributed by atoms with van der Waals surface area (Å²) < 4.78 is 0. The molecular formula is C17H22N2O. The minimum Gasteiger partial charge on any atom is -0.351 e. The molecule has 0 aromatic heterocycles. The van der Waals surface area contributed by atoms with Crippen LogP contribution in [0.15, 0.2) is 24.3 Å². The van der Waals surface area contributed by atoms with E-state index in [9.17, 15) is 4.79 Å². The van der Waals surface area contributed by atoms with Gasteiger partial charge >= 0.3 is 0 Å². The third-order valence-corrected chi connectivity index (χ3v) is 5.53. The van der Waals surface area contributed by atoms with Crippen LogP contribution in [0.5, 0.6) is 0 Å². The number of amides is 1. The van der Waals surface area contributed by atoms with Crippen molar-refractivity contribution >= 4 is 5.91 Å². The highest BCUT2D eigenvalue weighted by Crippen LogP contribution is 2.56. The molecule has 3 nitrogen and oxygen atoms in total. The summed E-state index contributed by atoms with van der Waals surface area (Å²) in [6.07, 6.45) is 6.20. The summed E-state index contributed by atoms with van der Waals surface area (Å²) in [5.41, 5.74) is 8.62. The maximum absolute atomic E-state index is 12.5. The number of rotatable bonds is 2. The van der Waals surface area contributed by atoms with Crippen molar-refractivity contribution in [3.63, 3.8) is 0 Å². The molecule has 2 fully saturated rings. The Morgan fingerprint density at radius 1 is 1.20 bits per heavy atom. The van der Waals surface area contributed by atoms with Crippen molar-refractivity contribution in [3.05, 3.63) is 35.4 Å². The molecule has 2 saturated carbocycles. The highest BCUT2D eigenvalue weighted by molar-refractivity contribution is 5.87. The van der Waals surface area contributed by atoms with Gasteiger partial charge in [0.2, 0.25) is 5.91 Å². The van der Waals surface area contributed by atoms with Gasteiger partial charge in [-0.3, -0.25) is 4.79 Å². The molecule has 1 amide bonds. The molecule has 1 aromatic rings. The zero-order chi connectivity index (χ0) is 13.7. The third kappa shape index (κ3) is 1.80. The van der Waals surface area contributed by atoms with Crippen molar-refractivity contribution in [1.82, 2.24) is 5.32 Å². The Labute approximate surface area is 119 Å². The molecule has 0 spiro atoms. The van der Waals surface area contributed by atoms with Gasteiger partial charge in [0, 0.05) is 12.0 Å². The molecule has 3 aliphatic carbocycles. The lowest BCUT2D eigenvalue weighted by atomic mass is 9.82. The maximum Gasteiger partial charge on any atom is 0.240 e. The van der Waals surface area contributed by atoms with Gasteiger partial charge in [0.05, 0.1) is 5.54 Å². The number of fused-ring (bicyclic) bond motifs is 3. The minimum atomic E-state index is -0.603. The second kappa shape index (κ2) is 4.32. The van der Waals surface area contributed by atoms with Crippen LogP contribution in [0.3, 0.4) is 0 Å². The van der Waals surface area contributed by atoms with E-state index in [1.165, 1.54) is 17.5 Å². The first kappa shape index (κ1) is 12.4. The lowest BCUT2D eigenvalue weighted by Crippen LogP contribution is -2.55. The van der Waals surface area contributed by atoms with Gasteiger partial charge < -0.3 is 11.1 Å². The van der Waals surface area contributed by atoms with Gasteiger partial charge in [0.15, 0.2) is 0 Å². The summed E-state index contributed by atoms with van der Waals surface area (Å²) in [6.45, 7) is 0. The molecule has 3 N–H and O–H groups in total. The fourth-order valence-electron chi connectivity index (χ4n) is 4.25. The summed E-state index contributed by atoms with van der Waals surface area (Å²) in [4.78, 5) is 12.5. The van der Waals surface area contributed by atoms with Gasteiger partial charge in [-0.1, -0.05) is 43.5 Å². The predicted octanol–water partition coefficient (Wildman–Crippen LogP) is 2.10. The standard InChI is InChI=1S/C17H22N2O/c18-17(8-4-1-5-9-17)16(20)19-15-13-10-11-6-2-3-7-12(11)14(13)15/h2-3,6-7,13-15H,1,4-5,8-10,18H2,(H,19,20). The summed E-state index contributed by atoms with van der Waals surface area (Å²) in [6, 6.07) is 8.97. The van der Waals surface area contributed by atoms with Crippen LogP contribution in [-0.2, 0) is 11.2 Å². The first-order chi connectivity index (χ1) is 9.69. The topological polar surface area (TPSA) is 55.1 Å². The Hall–Kier alpha value is -1.35. The lowest BCUT2D eigenvalue weighted by Gasteiger charge is -2.32. The van der Waals surface area contributed by atoms with E-state index in [2.05, 4.69) is 29.6 Å². The molecule has 0 radical (unpaired) electrons. The van der Waals surface area contributed by atoms with Crippen LogP contribution in [0.2, 0.25) is 0 Å². The van der Waals surface area contributed by atoms with Crippen molar-refractivity contribution in [2.45, 2.75) is 56.0 Å². The smallest absolute Gasteiger partial charge is 0.240 e. The molecule has 20 heavy (non-hydrogen) atoms. The molecule has 0 bridgehead atoms. The molecule has 3 aliphatic rings. The molecule has 0 heterocycles. The van der Waals surface area contributed by atoms with Gasteiger partial charge in [-0.05, 0) is 36.3 Å². The number of carbonyl (C=O) groups excluding carboxylic acids is 1. The van der Waals surface area contributed by atoms with E-state index in [1.807, 2.05) is 0 Å².